The van der Waals surface area contributed by atoms with E-state index in [1.54, 1.807) is 4.90 Å². The molecule has 7 heteroatoms. The van der Waals surface area contributed by atoms with Crippen molar-refractivity contribution in [1.29, 1.82) is 0 Å². The molecule has 1 aromatic carbocycles. The highest BCUT2D eigenvalue weighted by Gasteiger charge is 2.29. The number of halogens is 1. The number of esters is 1. The molecule has 0 radical (unpaired) electrons. The van der Waals surface area contributed by atoms with Gasteiger partial charge in [0.25, 0.3) is 5.91 Å². The molecule has 1 fully saturated rings. The van der Waals surface area contributed by atoms with E-state index < -0.39 is 0 Å². The normalized spacial score (nSPS) is 15.0. The number of carbonyl (C=O) groups excluding carboxylic acids is 2. The van der Waals surface area contributed by atoms with Crippen molar-refractivity contribution in [3.63, 3.8) is 0 Å². The Kier molecular flexibility index (Phi) is 5.59. The van der Waals surface area contributed by atoms with Crippen molar-refractivity contribution in [2.45, 2.75) is 19.4 Å². The molecule has 144 valence electrons. The summed E-state index contributed by atoms with van der Waals surface area (Å²) in [5.41, 5.74) is 1.50. The predicted octanol–water partition coefficient (Wildman–Crippen LogP) is 4.55. The van der Waals surface area contributed by atoms with E-state index in [1.807, 2.05) is 47.8 Å². The Morgan fingerprint density at radius 2 is 1.96 bits per heavy atom. The summed E-state index contributed by atoms with van der Waals surface area (Å²) in [6.07, 6.45) is 1.22. The molecule has 1 aliphatic rings. The van der Waals surface area contributed by atoms with Gasteiger partial charge < -0.3 is 9.64 Å². The molecule has 0 spiro atoms. The lowest BCUT2D eigenvalue weighted by Crippen LogP contribution is -2.40. The Hall–Kier alpha value is -2.44. The van der Waals surface area contributed by atoms with E-state index in [0.29, 0.717) is 36.6 Å². The zero-order valence-corrected chi connectivity index (χ0v) is 16.7. The molecule has 28 heavy (non-hydrogen) atoms. The Labute approximate surface area is 171 Å². The van der Waals surface area contributed by atoms with Crippen molar-refractivity contribution in [2.24, 2.45) is 5.92 Å². The van der Waals surface area contributed by atoms with Crippen LogP contribution in [0.4, 0.5) is 0 Å². The number of thiophene rings is 1. The molecule has 4 rings (SSSR count). The number of aromatic nitrogens is 1. The molecule has 0 atom stereocenters. The Balaban J connectivity index is 1.33. The molecule has 5 nitrogen and oxygen atoms in total. The number of carbonyl (C=O) groups is 2. The molecule has 0 saturated carbocycles. The first-order valence-electron chi connectivity index (χ1n) is 9.15. The maximum atomic E-state index is 12.5. The van der Waals surface area contributed by atoms with Crippen LogP contribution in [0.3, 0.4) is 0 Å². The molecule has 0 N–H and O–H groups in total. The highest BCUT2D eigenvalue weighted by molar-refractivity contribution is 7.12. The lowest BCUT2D eigenvalue weighted by atomic mass is 9.97. The number of para-hydroxylation sites is 1. The quantitative estimate of drug-likeness (QED) is 0.464. The van der Waals surface area contributed by atoms with Gasteiger partial charge in [0.1, 0.15) is 11.8 Å². The summed E-state index contributed by atoms with van der Waals surface area (Å²) in [7, 11) is 0. The number of benzene rings is 1. The molecule has 3 heterocycles. The summed E-state index contributed by atoms with van der Waals surface area (Å²) in [4.78, 5) is 31.7. The van der Waals surface area contributed by atoms with Gasteiger partial charge in [-0.05, 0) is 36.4 Å². The lowest BCUT2D eigenvalue weighted by Gasteiger charge is -2.30. The summed E-state index contributed by atoms with van der Waals surface area (Å²) >= 11 is 7.67. The number of likely N-dealkylation sites (tertiary alicyclic amines) is 1. The van der Waals surface area contributed by atoms with Gasteiger partial charge >= 0.3 is 5.97 Å². The van der Waals surface area contributed by atoms with Crippen molar-refractivity contribution in [1.82, 2.24) is 9.88 Å². The Morgan fingerprint density at radius 1 is 1.18 bits per heavy atom. The van der Waals surface area contributed by atoms with Gasteiger partial charge in [-0.3, -0.25) is 9.59 Å². The molecular weight excluding hydrogens is 396 g/mol. The van der Waals surface area contributed by atoms with Gasteiger partial charge in [-0.2, -0.15) is 0 Å². The van der Waals surface area contributed by atoms with Crippen molar-refractivity contribution < 1.29 is 14.3 Å². The van der Waals surface area contributed by atoms with Gasteiger partial charge in [-0.1, -0.05) is 35.9 Å². The minimum absolute atomic E-state index is 0.0378. The van der Waals surface area contributed by atoms with Crippen LogP contribution >= 0.6 is 22.9 Å². The topological polar surface area (TPSA) is 59.5 Å². The van der Waals surface area contributed by atoms with E-state index in [1.165, 1.54) is 11.3 Å². The van der Waals surface area contributed by atoms with Crippen molar-refractivity contribution in [2.75, 3.05) is 13.1 Å². The first kappa shape index (κ1) is 18.9. The van der Waals surface area contributed by atoms with E-state index in [-0.39, 0.29) is 24.4 Å². The van der Waals surface area contributed by atoms with Gasteiger partial charge in [0, 0.05) is 24.0 Å². The molecule has 1 amide bonds. The van der Waals surface area contributed by atoms with E-state index in [9.17, 15) is 9.59 Å². The van der Waals surface area contributed by atoms with Gasteiger partial charge in [0.05, 0.1) is 16.3 Å². The van der Waals surface area contributed by atoms with Crippen molar-refractivity contribution in [3.8, 4) is 0 Å². The van der Waals surface area contributed by atoms with Crippen molar-refractivity contribution >= 4 is 45.7 Å². The van der Waals surface area contributed by atoms with Crippen LogP contribution in [0.15, 0.2) is 47.8 Å². The summed E-state index contributed by atoms with van der Waals surface area (Å²) in [5.74, 6) is -0.400. The van der Waals surface area contributed by atoms with E-state index in [0.717, 1.165) is 15.8 Å². The van der Waals surface area contributed by atoms with Gasteiger partial charge in [-0.25, -0.2) is 4.98 Å². The smallest absolute Gasteiger partial charge is 0.309 e. The predicted molar refractivity (Wildman–Crippen MR) is 109 cm³/mol. The minimum Gasteiger partial charge on any atom is -0.460 e. The fraction of sp³-hybridized carbons (Fsp3) is 0.286. The zero-order valence-electron chi connectivity index (χ0n) is 15.1. The van der Waals surface area contributed by atoms with Crippen LogP contribution in [-0.2, 0) is 16.1 Å². The second-order valence-electron chi connectivity index (χ2n) is 6.78. The molecule has 1 saturated heterocycles. The number of piperidine rings is 1. The highest BCUT2D eigenvalue weighted by atomic mass is 35.5. The standard InChI is InChI=1S/C21H19ClN2O3S/c22-19-16(12-15-4-1-2-5-17(15)23-19)13-27-21(26)14-7-9-24(10-8-14)20(25)18-6-3-11-28-18/h1-6,11-12,14H,7-10,13H2. The zero-order chi connectivity index (χ0) is 19.5. The van der Waals surface area contributed by atoms with E-state index >= 15 is 0 Å². The number of pyridine rings is 1. The number of fused-ring (bicyclic) bond motifs is 1. The molecule has 0 bridgehead atoms. The molecule has 0 unspecified atom stereocenters. The SMILES string of the molecule is O=C(OCc1cc2ccccc2nc1Cl)C1CCN(C(=O)c2cccs2)CC1. The van der Waals surface area contributed by atoms with Gasteiger partial charge in [0.15, 0.2) is 0 Å². The van der Waals surface area contributed by atoms with E-state index in [4.69, 9.17) is 16.3 Å². The second kappa shape index (κ2) is 8.29. The molecule has 1 aliphatic heterocycles. The number of hydrogen-bond donors (Lipinski definition) is 0. The van der Waals surface area contributed by atoms with Crippen LogP contribution in [0.2, 0.25) is 5.15 Å². The number of nitrogens with zero attached hydrogens (tertiary/aromatic N) is 2. The maximum absolute atomic E-state index is 12.5. The fourth-order valence-corrected chi connectivity index (χ4v) is 4.27. The highest BCUT2D eigenvalue weighted by Crippen LogP contribution is 2.24. The third kappa shape index (κ3) is 4.03. The van der Waals surface area contributed by atoms with Crippen LogP contribution < -0.4 is 0 Å². The second-order valence-corrected chi connectivity index (χ2v) is 8.09. The third-order valence-corrected chi connectivity index (χ3v) is 6.15. The number of rotatable bonds is 4. The molecule has 2 aromatic heterocycles. The Bertz CT molecular complexity index is 998. The van der Waals surface area contributed by atoms with E-state index in [2.05, 4.69) is 4.98 Å². The van der Waals surface area contributed by atoms with Gasteiger partial charge in [-0.15, -0.1) is 11.3 Å². The number of ether oxygens (including phenoxy) is 1. The summed E-state index contributed by atoms with van der Waals surface area (Å²) < 4.78 is 5.50. The van der Waals surface area contributed by atoms with Crippen LogP contribution in [0, 0.1) is 5.92 Å². The number of amides is 1. The Morgan fingerprint density at radius 3 is 2.71 bits per heavy atom. The van der Waals surface area contributed by atoms with Gasteiger partial charge in [0.2, 0.25) is 0 Å². The third-order valence-electron chi connectivity index (χ3n) is 4.97. The first-order chi connectivity index (χ1) is 13.6. The van der Waals surface area contributed by atoms with Crippen LogP contribution in [0.25, 0.3) is 10.9 Å². The lowest BCUT2D eigenvalue weighted by molar-refractivity contribution is -0.151. The van der Waals surface area contributed by atoms with Crippen LogP contribution in [-0.4, -0.2) is 34.8 Å². The summed E-state index contributed by atoms with van der Waals surface area (Å²) in [6.45, 7) is 1.23. The first-order valence-corrected chi connectivity index (χ1v) is 10.4. The molecular formula is C21H19ClN2O3S. The van der Waals surface area contributed by atoms with Crippen molar-refractivity contribution in [3.05, 3.63) is 63.4 Å². The fourth-order valence-electron chi connectivity index (χ4n) is 3.38. The largest absolute Gasteiger partial charge is 0.460 e. The van der Waals surface area contributed by atoms with Crippen LogP contribution in [0.1, 0.15) is 28.1 Å². The minimum atomic E-state index is -0.243. The maximum Gasteiger partial charge on any atom is 0.309 e. The molecule has 3 aromatic rings. The van der Waals surface area contributed by atoms with Crippen LogP contribution in [0.5, 0.6) is 0 Å². The summed E-state index contributed by atoms with van der Waals surface area (Å²) in [6, 6.07) is 13.3. The average Bonchev–Trinajstić information content (AvgIpc) is 3.26. The monoisotopic (exact) mass is 414 g/mol. The summed E-state index contributed by atoms with van der Waals surface area (Å²) in [5, 5.41) is 3.20. The number of hydrogen-bond acceptors (Lipinski definition) is 5. The molecule has 0 aliphatic carbocycles. The average molecular weight is 415 g/mol.